The van der Waals surface area contributed by atoms with Crippen molar-refractivity contribution in [3.8, 4) is 12.1 Å². The van der Waals surface area contributed by atoms with Crippen molar-refractivity contribution < 1.29 is 8.42 Å². The van der Waals surface area contributed by atoms with E-state index in [9.17, 15) is 8.42 Å². The minimum atomic E-state index is -3.66. The summed E-state index contributed by atoms with van der Waals surface area (Å²) in [6, 6.07) is 6.71. The Morgan fingerprint density at radius 2 is 2.00 bits per heavy atom. The number of hydrogen-bond donors (Lipinski definition) is 0. The molecule has 1 fully saturated rings. The number of rotatable bonds is 4. The van der Waals surface area contributed by atoms with E-state index in [1.165, 1.54) is 16.4 Å². The summed E-state index contributed by atoms with van der Waals surface area (Å²) in [7, 11) is -3.66. The Hall–Kier alpha value is -1.41. The lowest BCUT2D eigenvalue weighted by Gasteiger charge is -2.24. The summed E-state index contributed by atoms with van der Waals surface area (Å²) in [6.45, 7) is -0.132. The maximum Gasteiger partial charge on any atom is 0.253 e. The van der Waals surface area contributed by atoms with Gasteiger partial charge in [0.25, 0.3) is 10.0 Å². The van der Waals surface area contributed by atoms with Gasteiger partial charge in [-0.05, 0) is 25.0 Å². The van der Waals surface area contributed by atoms with Gasteiger partial charge in [0, 0.05) is 6.04 Å². The first-order chi connectivity index (χ1) is 9.09. The van der Waals surface area contributed by atoms with E-state index in [0.29, 0.717) is 4.88 Å². The molecule has 1 heterocycles. The molecule has 1 aliphatic rings. The zero-order valence-electron chi connectivity index (χ0n) is 10.2. The molecule has 0 aromatic carbocycles. The molecule has 7 heteroatoms. The van der Waals surface area contributed by atoms with Gasteiger partial charge in [0.15, 0.2) is 0 Å². The molecule has 2 rings (SSSR count). The average molecular weight is 295 g/mol. The fraction of sp³-hybridized carbons (Fsp3) is 0.500. The Kier molecular flexibility index (Phi) is 4.20. The molecule has 0 amide bonds. The van der Waals surface area contributed by atoms with Gasteiger partial charge in [-0.1, -0.05) is 12.8 Å². The van der Waals surface area contributed by atoms with Crippen LogP contribution in [0, 0.1) is 22.7 Å². The van der Waals surface area contributed by atoms with Gasteiger partial charge in [-0.2, -0.15) is 14.8 Å². The summed E-state index contributed by atoms with van der Waals surface area (Å²) in [5.41, 5.74) is 0. The largest absolute Gasteiger partial charge is 0.253 e. The summed E-state index contributed by atoms with van der Waals surface area (Å²) in [4.78, 5) is 0.363. The highest BCUT2D eigenvalue weighted by Gasteiger charge is 2.34. The van der Waals surface area contributed by atoms with Crippen molar-refractivity contribution in [3.05, 3.63) is 17.0 Å². The molecule has 0 atom stereocenters. The van der Waals surface area contributed by atoms with Crippen LogP contribution in [-0.2, 0) is 10.0 Å². The standard InChI is InChI=1S/C12H13N3O2S2/c13-7-8-15(10-3-1-2-4-10)19(16,17)12-6-5-11(9-14)18-12/h5-6,10H,1-4,8H2. The van der Waals surface area contributed by atoms with Crippen LogP contribution >= 0.6 is 11.3 Å². The topological polar surface area (TPSA) is 85.0 Å². The van der Waals surface area contributed by atoms with E-state index in [4.69, 9.17) is 10.5 Å². The zero-order valence-corrected chi connectivity index (χ0v) is 11.9. The highest BCUT2D eigenvalue weighted by Crippen LogP contribution is 2.31. The molecule has 1 aromatic heterocycles. The minimum absolute atomic E-state index is 0.0858. The van der Waals surface area contributed by atoms with Crippen LogP contribution in [0.25, 0.3) is 0 Å². The first-order valence-corrected chi connectivity index (χ1v) is 8.24. The highest BCUT2D eigenvalue weighted by molar-refractivity contribution is 7.91. The fourth-order valence-corrected chi connectivity index (χ4v) is 5.12. The van der Waals surface area contributed by atoms with E-state index < -0.39 is 10.0 Å². The number of sulfonamides is 1. The summed E-state index contributed by atoms with van der Waals surface area (Å²) in [5.74, 6) is 0. The number of nitrogens with zero attached hydrogens (tertiary/aromatic N) is 3. The second-order valence-corrected chi connectivity index (χ2v) is 7.58. The van der Waals surface area contributed by atoms with Crippen LogP contribution in [-0.4, -0.2) is 25.3 Å². The second kappa shape index (κ2) is 5.70. The lowest BCUT2D eigenvalue weighted by atomic mass is 10.2. The molecule has 1 saturated carbocycles. The van der Waals surface area contributed by atoms with Gasteiger partial charge in [-0.15, -0.1) is 11.3 Å². The van der Waals surface area contributed by atoms with E-state index >= 15 is 0 Å². The third kappa shape index (κ3) is 2.79. The van der Waals surface area contributed by atoms with E-state index in [0.717, 1.165) is 37.0 Å². The monoisotopic (exact) mass is 295 g/mol. The second-order valence-electron chi connectivity index (χ2n) is 4.38. The van der Waals surface area contributed by atoms with Crippen molar-refractivity contribution in [3.63, 3.8) is 0 Å². The van der Waals surface area contributed by atoms with Crippen LogP contribution < -0.4 is 0 Å². The SMILES string of the molecule is N#CCN(C1CCCC1)S(=O)(=O)c1ccc(C#N)s1. The van der Waals surface area contributed by atoms with Gasteiger partial charge in [-0.25, -0.2) is 8.42 Å². The van der Waals surface area contributed by atoms with Crippen LogP contribution in [0.2, 0.25) is 0 Å². The van der Waals surface area contributed by atoms with Crippen molar-refractivity contribution >= 4 is 21.4 Å². The van der Waals surface area contributed by atoms with Crippen LogP contribution in [0.4, 0.5) is 0 Å². The normalized spacial score (nSPS) is 16.4. The van der Waals surface area contributed by atoms with Crippen molar-refractivity contribution in [1.29, 1.82) is 10.5 Å². The van der Waals surface area contributed by atoms with E-state index in [-0.39, 0.29) is 16.8 Å². The minimum Gasteiger partial charge on any atom is -0.206 e. The predicted octanol–water partition coefficient (Wildman–Crippen LogP) is 2.08. The van der Waals surface area contributed by atoms with Gasteiger partial charge in [0.2, 0.25) is 0 Å². The number of nitriles is 2. The third-order valence-corrected chi connectivity index (χ3v) is 6.57. The maximum atomic E-state index is 12.5. The van der Waals surface area contributed by atoms with Gasteiger partial charge in [-0.3, -0.25) is 0 Å². The van der Waals surface area contributed by atoms with Crippen LogP contribution in [0.1, 0.15) is 30.6 Å². The van der Waals surface area contributed by atoms with E-state index in [2.05, 4.69) is 0 Å². The molecule has 0 aliphatic heterocycles. The molecule has 5 nitrogen and oxygen atoms in total. The summed E-state index contributed by atoms with van der Waals surface area (Å²) < 4.78 is 26.5. The van der Waals surface area contributed by atoms with Crippen LogP contribution in [0.15, 0.2) is 16.3 Å². The third-order valence-electron chi connectivity index (χ3n) is 3.21. The summed E-state index contributed by atoms with van der Waals surface area (Å²) in [6.07, 6.45) is 3.60. The summed E-state index contributed by atoms with van der Waals surface area (Å²) >= 11 is 0.953. The smallest absolute Gasteiger partial charge is 0.206 e. The van der Waals surface area contributed by atoms with Gasteiger partial charge < -0.3 is 0 Å². The molecule has 0 N–H and O–H groups in total. The first kappa shape index (κ1) is 14.0. The van der Waals surface area contributed by atoms with Gasteiger partial charge in [0.05, 0.1) is 6.07 Å². The zero-order chi connectivity index (χ0) is 13.9. The van der Waals surface area contributed by atoms with Crippen LogP contribution in [0.3, 0.4) is 0 Å². The lowest BCUT2D eigenvalue weighted by Crippen LogP contribution is -2.38. The fourth-order valence-electron chi connectivity index (χ4n) is 2.31. The van der Waals surface area contributed by atoms with Crippen molar-refractivity contribution in [2.75, 3.05) is 6.54 Å². The molecule has 100 valence electrons. The molecule has 19 heavy (non-hydrogen) atoms. The predicted molar refractivity (Wildman–Crippen MR) is 70.8 cm³/mol. The Morgan fingerprint density at radius 3 is 2.53 bits per heavy atom. The Balaban J connectivity index is 2.34. The van der Waals surface area contributed by atoms with E-state index in [1.807, 2.05) is 12.1 Å². The Bertz CT molecular complexity index is 631. The molecule has 0 radical (unpaired) electrons. The number of hydrogen-bond acceptors (Lipinski definition) is 5. The molecule has 1 aromatic rings. The molecule has 0 spiro atoms. The van der Waals surface area contributed by atoms with E-state index in [1.54, 1.807) is 0 Å². The van der Waals surface area contributed by atoms with Crippen molar-refractivity contribution in [2.45, 2.75) is 35.9 Å². The summed E-state index contributed by atoms with van der Waals surface area (Å²) in [5, 5.41) is 17.6. The van der Waals surface area contributed by atoms with Crippen molar-refractivity contribution in [1.82, 2.24) is 4.31 Å². The molecular formula is C12H13N3O2S2. The molecule has 0 saturated heterocycles. The highest BCUT2D eigenvalue weighted by atomic mass is 32.2. The lowest BCUT2D eigenvalue weighted by molar-refractivity contribution is 0.351. The van der Waals surface area contributed by atoms with Gasteiger partial charge >= 0.3 is 0 Å². The van der Waals surface area contributed by atoms with Crippen LogP contribution in [0.5, 0.6) is 0 Å². The molecule has 1 aliphatic carbocycles. The quantitative estimate of drug-likeness (QED) is 0.796. The maximum absolute atomic E-state index is 12.5. The average Bonchev–Trinajstić information content (AvgIpc) is 3.06. The number of thiophene rings is 1. The Labute approximate surface area is 116 Å². The molecule has 0 bridgehead atoms. The molecular weight excluding hydrogens is 282 g/mol. The Morgan fingerprint density at radius 1 is 1.32 bits per heavy atom. The van der Waals surface area contributed by atoms with Gasteiger partial charge in [0.1, 0.15) is 21.7 Å². The molecule has 0 unspecified atom stereocenters. The first-order valence-electron chi connectivity index (χ1n) is 5.98. The van der Waals surface area contributed by atoms with Crippen molar-refractivity contribution in [2.24, 2.45) is 0 Å².